The van der Waals surface area contributed by atoms with E-state index in [0.29, 0.717) is 41.7 Å². The van der Waals surface area contributed by atoms with Crippen LogP contribution in [0.2, 0.25) is 10.0 Å². The Morgan fingerprint density at radius 3 is 2.36 bits per heavy atom. The summed E-state index contributed by atoms with van der Waals surface area (Å²) in [5, 5.41) is 0.684. The molecule has 28 heavy (non-hydrogen) atoms. The van der Waals surface area contributed by atoms with Crippen molar-refractivity contribution in [2.75, 3.05) is 45.8 Å². The van der Waals surface area contributed by atoms with Crippen LogP contribution < -0.4 is 0 Å². The minimum Gasteiger partial charge on any atom is -0.340 e. The van der Waals surface area contributed by atoms with Crippen LogP contribution >= 0.6 is 23.2 Å². The van der Waals surface area contributed by atoms with E-state index in [-0.39, 0.29) is 24.1 Å². The molecular formula is C19H27Cl2N3O3S. The molecule has 156 valence electrons. The molecule has 3 rings (SSSR count). The van der Waals surface area contributed by atoms with Gasteiger partial charge in [0.05, 0.1) is 11.7 Å². The predicted molar refractivity (Wildman–Crippen MR) is 112 cm³/mol. The van der Waals surface area contributed by atoms with E-state index in [0.717, 1.165) is 26.1 Å². The second-order valence-electron chi connectivity index (χ2n) is 7.41. The number of carbonyl (C=O) groups is 1. The van der Waals surface area contributed by atoms with Gasteiger partial charge in [0.15, 0.2) is 0 Å². The number of piperazine rings is 1. The van der Waals surface area contributed by atoms with Crippen LogP contribution in [0.25, 0.3) is 0 Å². The summed E-state index contributed by atoms with van der Waals surface area (Å²) in [5.41, 5.74) is 0.412. The van der Waals surface area contributed by atoms with Crippen LogP contribution in [0.5, 0.6) is 0 Å². The molecular weight excluding hydrogens is 421 g/mol. The van der Waals surface area contributed by atoms with Gasteiger partial charge in [-0.3, -0.25) is 4.79 Å². The van der Waals surface area contributed by atoms with Gasteiger partial charge in [-0.25, -0.2) is 12.7 Å². The number of likely N-dealkylation sites (N-methyl/N-ethyl adjacent to an activating group) is 1. The highest BCUT2D eigenvalue weighted by Gasteiger charge is 2.35. The Balaban J connectivity index is 1.66. The van der Waals surface area contributed by atoms with Crippen LogP contribution in [-0.2, 0) is 20.6 Å². The minimum atomic E-state index is -3.61. The molecule has 0 radical (unpaired) electrons. The molecule has 0 aromatic heterocycles. The molecule has 0 saturated carbocycles. The van der Waals surface area contributed by atoms with Crippen molar-refractivity contribution < 1.29 is 13.2 Å². The van der Waals surface area contributed by atoms with Gasteiger partial charge in [0.1, 0.15) is 0 Å². The van der Waals surface area contributed by atoms with Gasteiger partial charge >= 0.3 is 0 Å². The zero-order valence-corrected chi connectivity index (χ0v) is 18.4. The van der Waals surface area contributed by atoms with E-state index in [9.17, 15) is 13.2 Å². The van der Waals surface area contributed by atoms with Crippen LogP contribution in [0.3, 0.4) is 0 Å². The highest BCUT2D eigenvalue weighted by Crippen LogP contribution is 2.29. The molecule has 0 spiro atoms. The SMILES string of the molecule is CCN1CCN(C(=O)[C@H]2CCCN(S(=O)(=O)Cc3c(Cl)cccc3Cl)C2)CC1. The van der Waals surface area contributed by atoms with E-state index in [1.54, 1.807) is 18.2 Å². The summed E-state index contributed by atoms with van der Waals surface area (Å²) in [6.07, 6.45) is 1.41. The molecule has 2 aliphatic heterocycles. The Hall–Kier alpha value is -0.860. The van der Waals surface area contributed by atoms with Crippen molar-refractivity contribution in [1.29, 1.82) is 0 Å². The van der Waals surface area contributed by atoms with Crippen LogP contribution in [0.4, 0.5) is 0 Å². The fourth-order valence-electron chi connectivity index (χ4n) is 3.88. The van der Waals surface area contributed by atoms with E-state index >= 15 is 0 Å². The number of nitrogens with zero attached hydrogens (tertiary/aromatic N) is 3. The van der Waals surface area contributed by atoms with Gasteiger partial charge in [-0.2, -0.15) is 0 Å². The van der Waals surface area contributed by atoms with E-state index in [1.165, 1.54) is 4.31 Å². The minimum absolute atomic E-state index is 0.0754. The first-order chi connectivity index (χ1) is 13.3. The van der Waals surface area contributed by atoms with Crippen molar-refractivity contribution in [1.82, 2.24) is 14.1 Å². The summed E-state index contributed by atoms with van der Waals surface area (Å²) in [4.78, 5) is 17.1. The highest BCUT2D eigenvalue weighted by molar-refractivity contribution is 7.88. The number of sulfonamides is 1. The van der Waals surface area contributed by atoms with Crippen LogP contribution in [0, 0.1) is 5.92 Å². The van der Waals surface area contributed by atoms with Gasteiger partial charge in [-0.15, -0.1) is 0 Å². The molecule has 0 aliphatic carbocycles. The number of amides is 1. The van der Waals surface area contributed by atoms with Crippen molar-refractivity contribution in [2.24, 2.45) is 5.92 Å². The molecule has 1 atom stereocenters. The van der Waals surface area contributed by atoms with Gasteiger partial charge in [-0.05, 0) is 31.5 Å². The number of benzene rings is 1. The van der Waals surface area contributed by atoms with Gasteiger partial charge < -0.3 is 9.80 Å². The molecule has 1 aromatic rings. The Labute approximate surface area is 177 Å². The maximum Gasteiger partial charge on any atom is 0.227 e. The third kappa shape index (κ3) is 5.00. The van der Waals surface area contributed by atoms with Crippen molar-refractivity contribution in [3.8, 4) is 0 Å². The molecule has 6 nitrogen and oxygen atoms in total. The number of halogens is 2. The lowest BCUT2D eigenvalue weighted by molar-refractivity contribution is -0.138. The Morgan fingerprint density at radius 2 is 1.75 bits per heavy atom. The maximum absolute atomic E-state index is 13.0. The zero-order valence-electron chi connectivity index (χ0n) is 16.1. The lowest BCUT2D eigenvalue weighted by Crippen LogP contribution is -2.53. The van der Waals surface area contributed by atoms with Crippen LogP contribution in [0.15, 0.2) is 18.2 Å². The summed E-state index contributed by atoms with van der Waals surface area (Å²) < 4.78 is 27.4. The Kier molecular flexibility index (Phi) is 7.26. The average molecular weight is 448 g/mol. The summed E-state index contributed by atoms with van der Waals surface area (Å²) in [7, 11) is -3.61. The fraction of sp³-hybridized carbons (Fsp3) is 0.632. The quantitative estimate of drug-likeness (QED) is 0.695. The zero-order chi connectivity index (χ0) is 20.3. The van der Waals surface area contributed by atoms with Crippen molar-refractivity contribution >= 4 is 39.1 Å². The first-order valence-corrected chi connectivity index (χ1v) is 12.1. The van der Waals surface area contributed by atoms with Gasteiger partial charge in [0.2, 0.25) is 15.9 Å². The first-order valence-electron chi connectivity index (χ1n) is 9.73. The smallest absolute Gasteiger partial charge is 0.227 e. The normalized spacial score (nSPS) is 22.4. The molecule has 2 saturated heterocycles. The molecule has 0 unspecified atom stereocenters. The molecule has 2 heterocycles. The van der Waals surface area contributed by atoms with E-state index in [1.807, 2.05) is 4.90 Å². The second kappa shape index (κ2) is 9.30. The van der Waals surface area contributed by atoms with Gasteiger partial charge in [-0.1, -0.05) is 36.2 Å². The highest BCUT2D eigenvalue weighted by atomic mass is 35.5. The van der Waals surface area contributed by atoms with E-state index in [4.69, 9.17) is 23.2 Å². The number of hydrogen-bond donors (Lipinski definition) is 0. The molecule has 9 heteroatoms. The number of piperidine rings is 1. The summed E-state index contributed by atoms with van der Waals surface area (Å²) >= 11 is 12.3. The van der Waals surface area contributed by atoms with Crippen molar-refractivity contribution in [3.05, 3.63) is 33.8 Å². The van der Waals surface area contributed by atoms with Gasteiger partial charge in [0, 0.05) is 54.9 Å². The molecule has 2 aliphatic rings. The monoisotopic (exact) mass is 447 g/mol. The van der Waals surface area contributed by atoms with E-state index < -0.39 is 10.0 Å². The lowest BCUT2D eigenvalue weighted by atomic mass is 9.98. The fourth-order valence-corrected chi connectivity index (χ4v) is 6.25. The number of rotatable bonds is 5. The van der Waals surface area contributed by atoms with Crippen molar-refractivity contribution in [3.63, 3.8) is 0 Å². The molecule has 0 N–H and O–H groups in total. The summed E-state index contributed by atoms with van der Waals surface area (Å²) in [6.45, 7) is 6.95. The topological polar surface area (TPSA) is 60.9 Å². The molecule has 1 amide bonds. The number of carbonyl (C=O) groups excluding carboxylic acids is 1. The molecule has 2 fully saturated rings. The lowest BCUT2D eigenvalue weighted by Gasteiger charge is -2.38. The third-order valence-corrected chi connectivity index (χ3v) is 8.13. The summed E-state index contributed by atoms with van der Waals surface area (Å²) in [5.74, 6) is -0.452. The van der Waals surface area contributed by atoms with Gasteiger partial charge in [0.25, 0.3) is 0 Å². The predicted octanol–water partition coefficient (Wildman–Crippen LogP) is 2.70. The number of hydrogen-bond acceptors (Lipinski definition) is 4. The Bertz CT molecular complexity index is 790. The summed E-state index contributed by atoms with van der Waals surface area (Å²) in [6, 6.07) is 4.96. The molecule has 1 aromatic carbocycles. The van der Waals surface area contributed by atoms with Crippen LogP contribution in [-0.4, -0.2) is 74.2 Å². The standard InChI is InChI=1S/C19H27Cl2N3O3S/c1-2-22-9-11-23(12-10-22)19(25)15-5-4-8-24(13-15)28(26,27)14-16-17(20)6-3-7-18(16)21/h3,6-7,15H,2,4-5,8-14H2,1H3/t15-/m0/s1. The van der Waals surface area contributed by atoms with Crippen molar-refractivity contribution in [2.45, 2.75) is 25.5 Å². The van der Waals surface area contributed by atoms with E-state index in [2.05, 4.69) is 11.8 Å². The van der Waals surface area contributed by atoms with Crippen LogP contribution in [0.1, 0.15) is 25.3 Å². The second-order valence-corrected chi connectivity index (χ2v) is 10.2. The Morgan fingerprint density at radius 1 is 1.11 bits per heavy atom. The largest absolute Gasteiger partial charge is 0.340 e. The average Bonchev–Trinajstić information content (AvgIpc) is 2.70. The molecule has 0 bridgehead atoms. The first kappa shape index (κ1) is 21.8. The maximum atomic E-state index is 13.0. The third-order valence-electron chi connectivity index (χ3n) is 5.65.